The minimum atomic E-state index is -0.274. The molecule has 6 heteroatoms. The molecule has 2 unspecified atom stereocenters. The van der Waals surface area contributed by atoms with Crippen LogP contribution in [-0.2, 0) is 0 Å². The molecule has 14 heavy (non-hydrogen) atoms. The van der Waals surface area contributed by atoms with Gasteiger partial charge in [-0.25, -0.2) is 9.59 Å². The highest BCUT2D eigenvalue weighted by Crippen LogP contribution is 2.09. The molecule has 1 aliphatic heterocycles. The van der Waals surface area contributed by atoms with Gasteiger partial charge >= 0.3 is 12.1 Å². The Morgan fingerprint density at radius 3 is 2.86 bits per heavy atom. The third-order valence-corrected chi connectivity index (χ3v) is 2.26. The van der Waals surface area contributed by atoms with Crippen molar-refractivity contribution in [3.63, 3.8) is 0 Å². The van der Waals surface area contributed by atoms with Gasteiger partial charge in [0, 0.05) is 26.6 Å². The zero-order chi connectivity index (χ0) is 10.7. The third kappa shape index (κ3) is 2.27. The lowest BCUT2D eigenvalue weighted by Gasteiger charge is -2.36. The van der Waals surface area contributed by atoms with Crippen molar-refractivity contribution in [2.75, 3.05) is 14.1 Å². The average Bonchev–Trinajstić information content (AvgIpc) is 2.13. The maximum absolute atomic E-state index is 11.3. The van der Waals surface area contributed by atoms with E-state index in [-0.39, 0.29) is 24.3 Å². The van der Waals surface area contributed by atoms with E-state index in [1.807, 2.05) is 6.92 Å². The Hall–Kier alpha value is -1.46. The van der Waals surface area contributed by atoms with Gasteiger partial charge in [-0.15, -0.1) is 0 Å². The van der Waals surface area contributed by atoms with Crippen LogP contribution in [0.15, 0.2) is 0 Å². The molecule has 0 spiro atoms. The van der Waals surface area contributed by atoms with Crippen LogP contribution in [0.5, 0.6) is 0 Å². The molecule has 2 atom stereocenters. The van der Waals surface area contributed by atoms with Crippen LogP contribution in [0.4, 0.5) is 9.59 Å². The Kier molecular flexibility index (Phi) is 3.16. The molecule has 1 saturated heterocycles. The molecule has 0 aliphatic carbocycles. The van der Waals surface area contributed by atoms with Crippen molar-refractivity contribution in [1.82, 2.24) is 20.9 Å². The topological polar surface area (TPSA) is 73.5 Å². The number of hydrogen-bond donors (Lipinski definition) is 3. The molecule has 0 bridgehead atoms. The van der Waals surface area contributed by atoms with Gasteiger partial charge < -0.3 is 20.9 Å². The Morgan fingerprint density at radius 1 is 1.64 bits per heavy atom. The maximum atomic E-state index is 11.3. The largest absolute Gasteiger partial charge is 0.341 e. The van der Waals surface area contributed by atoms with Gasteiger partial charge in [-0.05, 0) is 6.92 Å². The average molecular weight is 200 g/mol. The first kappa shape index (κ1) is 10.6. The van der Waals surface area contributed by atoms with Gasteiger partial charge in [0.25, 0.3) is 0 Å². The summed E-state index contributed by atoms with van der Waals surface area (Å²) in [6.45, 7) is 1.91. The van der Waals surface area contributed by atoms with Crippen LogP contribution in [0.2, 0.25) is 0 Å². The lowest BCUT2D eigenvalue weighted by atomic mass is 10.1. The van der Waals surface area contributed by atoms with E-state index in [0.717, 1.165) is 0 Å². The number of rotatable bonds is 1. The van der Waals surface area contributed by atoms with Crippen molar-refractivity contribution in [3.8, 4) is 0 Å². The summed E-state index contributed by atoms with van der Waals surface area (Å²) in [5, 5.41) is 7.91. The van der Waals surface area contributed by atoms with Gasteiger partial charge in [0.1, 0.15) is 6.17 Å². The van der Waals surface area contributed by atoms with Crippen LogP contribution in [0.25, 0.3) is 0 Å². The molecule has 1 fully saturated rings. The Morgan fingerprint density at radius 2 is 2.29 bits per heavy atom. The van der Waals surface area contributed by atoms with Gasteiger partial charge in [0.05, 0.1) is 0 Å². The second-order valence-corrected chi connectivity index (χ2v) is 3.44. The highest BCUT2D eigenvalue weighted by atomic mass is 16.2. The predicted molar refractivity (Wildman–Crippen MR) is 51.8 cm³/mol. The number of nitrogens with one attached hydrogen (secondary N) is 3. The normalized spacial score (nSPS) is 26.8. The number of urea groups is 2. The summed E-state index contributed by atoms with van der Waals surface area (Å²) >= 11 is 0. The molecule has 0 radical (unpaired) electrons. The van der Waals surface area contributed by atoms with Crippen LogP contribution in [-0.4, -0.2) is 43.3 Å². The molecule has 6 nitrogen and oxygen atoms in total. The number of carbonyl (C=O) groups is 2. The summed E-state index contributed by atoms with van der Waals surface area (Å²) in [6, 6.07) is -0.352. The van der Waals surface area contributed by atoms with Gasteiger partial charge in [-0.2, -0.15) is 0 Å². The van der Waals surface area contributed by atoms with Crippen LogP contribution in [0, 0.1) is 0 Å². The lowest BCUT2D eigenvalue weighted by molar-refractivity contribution is 0.145. The van der Waals surface area contributed by atoms with Gasteiger partial charge in [-0.3, -0.25) is 0 Å². The summed E-state index contributed by atoms with van der Waals surface area (Å²) in [5.74, 6) is 0. The molecular weight excluding hydrogens is 184 g/mol. The smallest absolute Gasteiger partial charge is 0.318 e. The molecule has 1 heterocycles. The summed E-state index contributed by atoms with van der Waals surface area (Å²) in [7, 11) is 3.20. The van der Waals surface area contributed by atoms with E-state index >= 15 is 0 Å². The van der Waals surface area contributed by atoms with Gasteiger partial charge in [0.15, 0.2) is 0 Å². The molecule has 0 aromatic rings. The van der Waals surface area contributed by atoms with Crippen LogP contribution < -0.4 is 16.0 Å². The van der Waals surface area contributed by atoms with Gasteiger partial charge in [0.2, 0.25) is 0 Å². The first-order chi connectivity index (χ1) is 6.54. The Labute approximate surface area is 83.0 Å². The maximum Gasteiger partial charge on any atom is 0.318 e. The van der Waals surface area contributed by atoms with Crippen LogP contribution >= 0.6 is 0 Å². The summed E-state index contributed by atoms with van der Waals surface area (Å²) in [5.41, 5.74) is 0. The predicted octanol–water partition coefficient (Wildman–Crippen LogP) is -0.325. The standard InChI is InChI=1S/C8H16N4O2/c1-5-4-6(11-7(13)9-2)12(3)8(14)10-5/h5-6H,4H2,1-3H3,(H,10,14)(H2,9,11,13). The van der Waals surface area contributed by atoms with Crippen molar-refractivity contribution in [1.29, 1.82) is 0 Å². The van der Waals surface area contributed by atoms with E-state index in [1.165, 1.54) is 4.90 Å². The molecule has 4 amide bonds. The third-order valence-electron chi connectivity index (χ3n) is 2.26. The van der Waals surface area contributed by atoms with E-state index in [4.69, 9.17) is 0 Å². The number of amides is 4. The monoisotopic (exact) mass is 200 g/mol. The summed E-state index contributed by atoms with van der Waals surface area (Å²) in [6.07, 6.45) is 0.467. The molecule has 3 N–H and O–H groups in total. The Bertz CT molecular complexity index is 243. The van der Waals surface area contributed by atoms with E-state index in [1.54, 1.807) is 14.1 Å². The van der Waals surface area contributed by atoms with E-state index in [0.29, 0.717) is 6.42 Å². The summed E-state index contributed by atoms with van der Waals surface area (Å²) in [4.78, 5) is 23.9. The molecule has 1 rings (SSSR count). The van der Waals surface area contributed by atoms with Crippen molar-refractivity contribution in [2.45, 2.75) is 25.6 Å². The summed E-state index contributed by atoms with van der Waals surface area (Å²) < 4.78 is 0. The minimum absolute atomic E-state index is 0.0841. The zero-order valence-electron chi connectivity index (χ0n) is 8.63. The number of nitrogens with zero attached hydrogens (tertiary/aromatic N) is 1. The number of carbonyl (C=O) groups excluding carboxylic acids is 2. The minimum Gasteiger partial charge on any atom is -0.341 e. The van der Waals surface area contributed by atoms with Crippen molar-refractivity contribution >= 4 is 12.1 Å². The molecular formula is C8H16N4O2. The number of hydrogen-bond acceptors (Lipinski definition) is 2. The second-order valence-electron chi connectivity index (χ2n) is 3.44. The van der Waals surface area contributed by atoms with E-state index in [2.05, 4.69) is 16.0 Å². The van der Waals surface area contributed by atoms with Crippen LogP contribution in [0.3, 0.4) is 0 Å². The molecule has 0 aromatic carbocycles. The fourth-order valence-electron chi connectivity index (χ4n) is 1.39. The van der Waals surface area contributed by atoms with Crippen molar-refractivity contribution in [2.24, 2.45) is 0 Å². The Balaban J connectivity index is 2.57. The van der Waals surface area contributed by atoms with Crippen molar-refractivity contribution < 1.29 is 9.59 Å². The zero-order valence-corrected chi connectivity index (χ0v) is 8.63. The van der Waals surface area contributed by atoms with Crippen LogP contribution in [0.1, 0.15) is 13.3 Å². The molecule has 1 aliphatic rings. The first-order valence-corrected chi connectivity index (χ1v) is 4.56. The van der Waals surface area contributed by atoms with Gasteiger partial charge in [-0.1, -0.05) is 0 Å². The van der Waals surface area contributed by atoms with E-state index < -0.39 is 0 Å². The fraction of sp³-hybridized carbons (Fsp3) is 0.750. The highest BCUT2D eigenvalue weighted by molar-refractivity contribution is 5.78. The second kappa shape index (κ2) is 4.17. The molecule has 80 valence electrons. The lowest BCUT2D eigenvalue weighted by Crippen LogP contribution is -2.60. The molecule has 0 aromatic heterocycles. The first-order valence-electron chi connectivity index (χ1n) is 4.56. The highest BCUT2D eigenvalue weighted by Gasteiger charge is 2.29. The fourth-order valence-corrected chi connectivity index (χ4v) is 1.39. The SMILES string of the molecule is CNC(=O)NC1CC(C)NC(=O)N1C. The van der Waals surface area contributed by atoms with Crippen molar-refractivity contribution in [3.05, 3.63) is 0 Å². The quantitative estimate of drug-likeness (QED) is 0.542. The molecule has 0 saturated carbocycles. The van der Waals surface area contributed by atoms with E-state index in [9.17, 15) is 9.59 Å².